The number of anilines is 1. The first-order valence-electron chi connectivity index (χ1n) is 7.10. The fraction of sp³-hybridized carbons (Fsp3) is 0.353. The van der Waals surface area contributed by atoms with E-state index in [9.17, 15) is 4.39 Å². The summed E-state index contributed by atoms with van der Waals surface area (Å²) in [5.74, 6) is 0.626. The quantitative estimate of drug-likeness (QED) is 0.936. The van der Waals surface area contributed by atoms with Crippen LogP contribution in [0.15, 0.2) is 30.3 Å². The van der Waals surface area contributed by atoms with Crippen LogP contribution < -0.4 is 10.6 Å². The van der Waals surface area contributed by atoms with Gasteiger partial charge in [-0.15, -0.1) is 0 Å². The monoisotopic (exact) mass is 287 g/mol. The lowest BCUT2D eigenvalue weighted by atomic mass is 10.0. The maximum Gasteiger partial charge on any atom is 0.133 e. The van der Waals surface area contributed by atoms with Gasteiger partial charge in [0.2, 0.25) is 0 Å². The molecule has 0 radical (unpaired) electrons. The molecule has 1 aromatic carbocycles. The van der Waals surface area contributed by atoms with E-state index in [2.05, 4.69) is 4.98 Å². The van der Waals surface area contributed by atoms with Crippen LogP contribution in [0.3, 0.4) is 0 Å². The van der Waals surface area contributed by atoms with Crippen molar-refractivity contribution in [1.82, 2.24) is 4.98 Å². The SMILES string of the molecule is Cc1cc(C)c(CN)c(N(C)C(C)c2ccccc2F)n1. The number of hydrogen-bond acceptors (Lipinski definition) is 3. The van der Waals surface area contributed by atoms with E-state index in [0.717, 1.165) is 22.6 Å². The molecule has 1 unspecified atom stereocenters. The Morgan fingerprint density at radius 1 is 1.29 bits per heavy atom. The topological polar surface area (TPSA) is 42.1 Å². The fourth-order valence-electron chi connectivity index (χ4n) is 2.59. The Bertz CT molecular complexity index is 640. The standard InChI is InChI=1S/C17H22FN3/c1-11-9-12(2)20-17(15(11)10-19)21(4)13(3)14-7-5-6-8-16(14)18/h5-9,13H,10,19H2,1-4H3. The number of nitrogens with zero attached hydrogens (tertiary/aromatic N) is 2. The van der Waals surface area contributed by atoms with Crippen LogP contribution in [-0.2, 0) is 6.54 Å². The minimum atomic E-state index is -0.199. The third kappa shape index (κ3) is 3.05. The summed E-state index contributed by atoms with van der Waals surface area (Å²) in [6.45, 7) is 6.38. The zero-order chi connectivity index (χ0) is 15.6. The van der Waals surface area contributed by atoms with E-state index in [1.54, 1.807) is 12.1 Å². The van der Waals surface area contributed by atoms with Gasteiger partial charge in [-0.2, -0.15) is 0 Å². The predicted molar refractivity (Wildman–Crippen MR) is 84.8 cm³/mol. The van der Waals surface area contributed by atoms with Gasteiger partial charge in [-0.3, -0.25) is 0 Å². The van der Waals surface area contributed by atoms with Crippen molar-refractivity contribution in [2.24, 2.45) is 5.73 Å². The van der Waals surface area contributed by atoms with Crippen LogP contribution in [0.25, 0.3) is 0 Å². The Morgan fingerprint density at radius 2 is 1.95 bits per heavy atom. The van der Waals surface area contributed by atoms with Gasteiger partial charge in [0.25, 0.3) is 0 Å². The highest BCUT2D eigenvalue weighted by atomic mass is 19.1. The van der Waals surface area contributed by atoms with Crippen molar-refractivity contribution in [3.63, 3.8) is 0 Å². The van der Waals surface area contributed by atoms with Crippen molar-refractivity contribution < 1.29 is 4.39 Å². The van der Waals surface area contributed by atoms with Crippen molar-refractivity contribution in [2.45, 2.75) is 33.4 Å². The lowest BCUT2D eigenvalue weighted by molar-refractivity contribution is 0.583. The molecular weight excluding hydrogens is 265 g/mol. The minimum absolute atomic E-state index is 0.120. The molecule has 2 N–H and O–H groups in total. The summed E-state index contributed by atoms with van der Waals surface area (Å²) in [5, 5.41) is 0. The summed E-state index contributed by atoms with van der Waals surface area (Å²) in [4.78, 5) is 6.59. The van der Waals surface area contributed by atoms with Crippen LogP contribution in [0.5, 0.6) is 0 Å². The third-order valence-electron chi connectivity index (χ3n) is 3.93. The number of nitrogens with two attached hydrogens (primary N) is 1. The second-order valence-electron chi connectivity index (χ2n) is 5.40. The number of hydrogen-bond donors (Lipinski definition) is 1. The van der Waals surface area contributed by atoms with Gasteiger partial charge in [0.15, 0.2) is 0 Å². The molecule has 1 aromatic heterocycles. The third-order valence-corrected chi connectivity index (χ3v) is 3.93. The molecular formula is C17H22FN3. The largest absolute Gasteiger partial charge is 0.353 e. The highest BCUT2D eigenvalue weighted by Crippen LogP contribution is 2.29. The highest BCUT2D eigenvalue weighted by Gasteiger charge is 2.20. The zero-order valence-corrected chi connectivity index (χ0v) is 13.0. The molecule has 0 aliphatic rings. The average molecular weight is 287 g/mol. The van der Waals surface area contributed by atoms with Gasteiger partial charge < -0.3 is 10.6 Å². The number of rotatable bonds is 4. The van der Waals surface area contributed by atoms with Crippen molar-refractivity contribution in [3.8, 4) is 0 Å². The summed E-state index contributed by atoms with van der Waals surface area (Å²) in [7, 11) is 1.93. The molecule has 4 heteroatoms. The van der Waals surface area contributed by atoms with Gasteiger partial charge in [-0.1, -0.05) is 18.2 Å². The first-order chi connectivity index (χ1) is 9.95. The average Bonchev–Trinajstić information content (AvgIpc) is 2.45. The van der Waals surface area contributed by atoms with E-state index in [1.807, 2.05) is 44.9 Å². The first kappa shape index (κ1) is 15.4. The van der Waals surface area contributed by atoms with E-state index in [1.165, 1.54) is 6.07 Å². The van der Waals surface area contributed by atoms with E-state index >= 15 is 0 Å². The van der Waals surface area contributed by atoms with E-state index in [4.69, 9.17) is 5.73 Å². The minimum Gasteiger partial charge on any atom is -0.353 e. The Kier molecular flexibility index (Phi) is 4.58. The second-order valence-corrected chi connectivity index (χ2v) is 5.40. The zero-order valence-electron chi connectivity index (χ0n) is 13.0. The molecule has 0 aliphatic carbocycles. The van der Waals surface area contributed by atoms with Gasteiger partial charge in [0.05, 0.1) is 6.04 Å². The Labute approximate surface area is 125 Å². The molecule has 112 valence electrons. The van der Waals surface area contributed by atoms with Crippen molar-refractivity contribution in [2.75, 3.05) is 11.9 Å². The van der Waals surface area contributed by atoms with Gasteiger partial charge >= 0.3 is 0 Å². The van der Waals surface area contributed by atoms with E-state index < -0.39 is 0 Å². The molecule has 2 rings (SSSR count). The lowest BCUT2D eigenvalue weighted by Gasteiger charge is -2.29. The van der Waals surface area contributed by atoms with E-state index in [-0.39, 0.29) is 11.9 Å². The summed E-state index contributed by atoms with van der Waals surface area (Å²) in [6, 6.07) is 8.74. The molecule has 1 atom stereocenters. The molecule has 21 heavy (non-hydrogen) atoms. The van der Waals surface area contributed by atoms with Crippen molar-refractivity contribution >= 4 is 5.82 Å². The lowest BCUT2D eigenvalue weighted by Crippen LogP contribution is -2.26. The number of benzene rings is 1. The van der Waals surface area contributed by atoms with Crippen LogP contribution >= 0.6 is 0 Å². The number of halogens is 1. The molecule has 0 saturated heterocycles. The molecule has 0 saturated carbocycles. The predicted octanol–water partition coefficient (Wildman–Crippen LogP) is 3.49. The second kappa shape index (κ2) is 6.22. The van der Waals surface area contributed by atoms with Crippen LogP contribution in [0.2, 0.25) is 0 Å². The number of pyridine rings is 1. The molecule has 0 amide bonds. The molecule has 1 heterocycles. The molecule has 3 nitrogen and oxygen atoms in total. The van der Waals surface area contributed by atoms with Gasteiger partial charge in [-0.05, 0) is 38.5 Å². The van der Waals surface area contributed by atoms with E-state index in [0.29, 0.717) is 12.1 Å². The maximum absolute atomic E-state index is 14.0. The normalized spacial score (nSPS) is 12.3. The Morgan fingerprint density at radius 3 is 2.57 bits per heavy atom. The van der Waals surface area contributed by atoms with Gasteiger partial charge in [-0.25, -0.2) is 9.37 Å². The van der Waals surface area contributed by atoms with Gasteiger partial charge in [0.1, 0.15) is 11.6 Å². The van der Waals surface area contributed by atoms with Crippen LogP contribution in [0, 0.1) is 19.7 Å². The van der Waals surface area contributed by atoms with Gasteiger partial charge in [0, 0.05) is 30.4 Å². The summed E-state index contributed by atoms with van der Waals surface area (Å²) in [5.41, 5.74) is 9.59. The van der Waals surface area contributed by atoms with Crippen LogP contribution in [0.1, 0.15) is 35.3 Å². The molecule has 0 spiro atoms. The molecule has 2 aromatic rings. The fourth-order valence-corrected chi connectivity index (χ4v) is 2.59. The highest BCUT2D eigenvalue weighted by molar-refractivity contribution is 5.52. The Balaban J connectivity index is 2.45. The first-order valence-corrected chi connectivity index (χ1v) is 7.10. The molecule has 0 aliphatic heterocycles. The maximum atomic E-state index is 14.0. The molecule has 0 fully saturated rings. The summed E-state index contributed by atoms with van der Waals surface area (Å²) in [6.07, 6.45) is 0. The number of aryl methyl sites for hydroxylation is 2. The van der Waals surface area contributed by atoms with Crippen LogP contribution in [0.4, 0.5) is 10.2 Å². The number of aromatic nitrogens is 1. The smallest absolute Gasteiger partial charge is 0.133 e. The molecule has 0 bridgehead atoms. The Hall–Kier alpha value is -1.94. The summed E-state index contributed by atoms with van der Waals surface area (Å²) < 4.78 is 14.0. The van der Waals surface area contributed by atoms with Crippen LogP contribution in [-0.4, -0.2) is 12.0 Å². The van der Waals surface area contributed by atoms with Crippen molar-refractivity contribution in [1.29, 1.82) is 0 Å². The van der Waals surface area contributed by atoms with Crippen molar-refractivity contribution in [3.05, 3.63) is 58.5 Å². The summed E-state index contributed by atoms with van der Waals surface area (Å²) >= 11 is 0.